The van der Waals surface area contributed by atoms with Crippen LogP contribution in [0.2, 0.25) is 5.02 Å². The highest BCUT2D eigenvalue weighted by molar-refractivity contribution is 7.18. The SMILES string of the molecule is CCC(Oc1ccc(Cl)cc1)C(=O)Nc1nnc(-c2ccccc2)s1. The Morgan fingerprint density at radius 1 is 1.16 bits per heavy atom. The zero-order chi connectivity index (χ0) is 17.6. The van der Waals surface area contributed by atoms with Crippen molar-refractivity contribution in [2.75, 3.05) is 5.32 Å². The van der Waals surface area contributed by atoms with Crippen LogP contribution in [0, 0.1) is 0 Å². The first-order valence-corrected chi connectivity index (χ1v) is 8.97. The van der Waals surface area contributed by atoms with Gasteiger partial charge in [0.15, 0.2) is 6.10 Å². The minimum Gasteiger partial charge on any atom is -0.481 e. The van der Waals surface area contributed by atoms with Gasteiger partial charge < -0.3 is 4.74 Å². The van der Waals surface area contributed by atoms with Gasteiger partial charge in [0.1, 0.15) is 10.8 Å². The smallest absolute Gasteiger partial charge is 0.267 e. The zero-order valence-corrected chi connectivity index (χ0v) is 15.1. The van der Waals surface area contributed by atoms with Gasteiger partial charge in [0, 0.05) is 10.6 Å². The van der Waals surface area contributed by atoms with E-state index in [4.69, 9.17) is 16.3 Å². The number of carbonyl (C=O) groups is 1. The van der Waals surface area contributed by atoms with Crippen LogP contribution in [0.3, 0.4) is 0 Å². The molecule has 0 fully saturated rings. The molecule has 0 aliphatic heterocycles. The van der Waals surface area contributed by atoms with Gasteiger partial charge >= 0.3 is 0 Å². The van der Waals surface area contributed by atoms with Gasteiger partial charge in [-0.25, -0.2) is 0 Å². The predicted molar refractivity (Wildman–Crippen MR) is 100 cm³/mol. The standard InChI is InChI=1S/C18H16ClN3O2S/c1-2-15(24-14-10-8-13(19)9-11-14)16(23)20-18-22-21-17(25-18)12-6-4-3-5-7-12/h3-11,15H,2H2,1H3,(H,20,22,23). The largest absolute Gasteiger partial charge is 0.481 e. The quantitative estimate of drug-likeness (QED) is 0.682. The third-order valence-electron chi connectivity index (χ3n) is 3.43. The van der Waals surface area contributed by atoms with Crippen LogP contribution in [0.5, 0.6) is 5.75 Å². The molecular weight excluding hydrogens is 358 g/mol. The van der Waals surface area contributed by atoms with E-state index >= 15 is 0 Å². The van der Waals surface area contributed by atoms with Crippen LogP contribution >= 0.6 is 22.9 Å². The summed E-state index contributed by atoms with van der Waals surface area (Å²) >= 11 is 7.18. The number of ether oxygens (including phenoxy) is 1. The Morgan fingerprint density at radius 2 is 1.88 bits per heavy atom. The van der Waals surface area contributed by atoms with E-state index in [1.54, 1.807) is 24.3 Å². The summed E-state index contributed by atoms with van der Waals surface area (Å²) in [6.07, 6.45) is -0.0935. The Kier molecular flexibility index (Phi) is 5.63. The maximum absolute atomic E-state index is 12.4. The first kappa shape index (κ1) is 17.4. The molecule has 1 aromatic heterocycles. The molecule has 1 N–H and O–H groups in total. The summed E-state index contributed by atoms with van der Waals surface area (Å²) < 4.78 is 5.73. The second kappa shape index (κ2) is 8.09. The molecule has 2 aromatic carbocycles. The highest BCUT2D eigenvalue weighted by atomic mass is 35.5. The van der Waals surface area contributed by atoms with Gasteiger partial charge in [0.25, 0.3) is 5.91 Å². The minimum atomic E-state index is -0.620. The summed E-state index contributed by atoms with van der Waals surface area (Å²) in [7, 11) is 0. The van der Waals surface area contributed by atoms with Gasteiger partial charge in [-0.15, -0.1) is 10.2 Å². The van der Waals surface area contributed by atoms with E-state index in [0.29, 0.717) is 22.3 Å². The number of nitrogens with one attached hydrogen (secondary N) is 1. The van der Waals surface area contributed by atoms with E-state index in [2.05, 4.69) is 15.5 Å². The second-order valence-corrected chi connectivity index (χ2v) is 6.65. The molecule has 7 heteroatoms. The average molecular weight is 374 g/mol. The van der Waals surface area contributed by atoms with E-state index in [0.717, 1.165) is 10.6 Å². The van der Waals surface area contributed by atoms with E-state index < -0.39 is 6.10 Å². The number of benzene rings is 2. The Labute approximate surface area is 154 Å². The van der Waals surface area contributed by atoms with E-state index in [1.165, 1.54) is 11.3 Å². The van der Waals surface area contributed by atoms with Crippen molar-refractivity contribution in [3.63, 3.8) is 0 Å². The first-order chi connectivity index (χ1) is 12.2. The maximum Gasteiger partial charge on any atom is 0.267 e. The lowest BCUT2D eigenvalue weighted by atomic mass is 10.2. The fourth-order valence-electron chi connectivity index (χ4n) is 2.16. The molecule has 0 aliphatic carbocycles. The van der Waals surface area contributed by atoms with Crippen molar-refractivity contribution in [3.8, 4) is 16.3 Å². The first-order valence-electron chi connectivity index (χ1n) is 7.77. The molecule has 128 valence electrons. The average Bonchev–Trinajstić information content (AvgIpc) is 3.10. The lowest BCUT2D eigenvalue weighted by Crippen LogP contribution is -2.32. The second-order valence-electron chi connectivity index (χ2n) is 5.24. The molecule has 1 unspecified atom stereocenters. The van der Waals surface area contributed by atoms with Crippen molar-refractivity contribution in [2.45, 2.75) is 19.4 Å². The fourth-order valence-corrected chi connectivity index (χ4v) is 3.03. The number of halogens is 1. The minimum absolute atomic E-state index is 0.256. The molecule has 5 nitrogen and oxygen atoms in total. The van der Waals surface area contributed by atoms with Crippen molar-refractivity contribution < 1.29 is 9.53 Å². The van der Waals surface area contributed by atoms with Crippen LogP contribution in [0.15, 0.2) is 54.6 Å². The lowest BCUT2D eigenvalue weighted by molar-refractivity contribution is -0.122. The molecule has 25 heavy (non-hydrogen) atoms. The zero-order valence-electron chi connectivity index (χ0n) is 13.5. The van der Waals surface area contributed by atoms with Gasteiger partial charge in [0.2, 0.25) is 5.13 Å². The topological polar surface area (TPSA) is 64.1 Å². The number of hydrogen-bond acceptors (Lipinski definition) is 5. The van der Waals surface area contributed by atoms with Gasteiger partial charge in [-0.05, 0) is 30.7 Å². The number of aromatic nitrogens is 2. The Bertz CT molecular complexity index is 837. The van der Waals surface area contributed by atoms with E-state index in [1.807, 2.05) is 37.3 Å². The van der Waals surface area contributed by atoms with Crippen LogP contribution < -0.4 is 10.1 Å². The normalized spacial score (nSPS) is 11.8. The fraction of sp³-hybridized carbons (Fsp3) is 0.167. The number of amides is 1. The van der Waals surface area contributed by atoms with Crippen molar-refractivity contribution in [2.24, 2.45) is 0 Å². The van der Waals surface area contributed by atoms with Gasteiger partial charge in [-0.3, -0.25) is 10.1 Å². The van der Waals surface area contributed by atoms with Crippen LogP contribution in [0.4, 0.5) is 5.13 Å². The molecule has 0 saturated carbocycles. The maximum atomic E-state index is 12.4. The van der Waals surface area contributed by atoms with Crippen LogP contribution in [0.25, 0.3) is 10.6 Å². The molecule has 0 aliphatic rings. The van der Waals surface area contributed by atoms with Crippen molar-refractivity contribution in [1.82, 2.24) is 10.2 Å². The molecular formula is C18H16ClN3O2S. The predicted octanol–water partition coefficient (Wildman–Crippen LogP) is 4.65. The molecule has 1 atom stereocenters. The van der Waals surface area contributed by atoms with Crippen molar-refractivity contribution in [3.05, 3.63) is 59.6 Å². The third-order valence-corrected chi connectivity index (χ3v) is 4.57. The van der Waals surface area contributed by atoms with Crippen LogP contribution in [-0.2, 0) is 4.79 Å². The van der Waals surface area contributed by atoms with Gasteiger partial charge in [-0.2, -0.15) is 0 Å². The van der Waals surface area contributed by atoms with Gasteiger partial charge in [-0.1, -0.05) is 60.2 Å². The van der Waals surface area contributed by atoms with Crippen LogP contribution in [-0.4, -0.2) is 22.2 Å². The summed E-state index contributed by atoms with van der Waals surface area (Å²) in [5.41, 5.74) is 0.963. The molecule has 1 heterocycles. The van der Waals surface area contributed by atoms with Crippen molar-refractivity contribution in [1.29, 1.82) is 0 Å². The summed E-state index contributed by atoms with van der Waals surface area (Å²) in [6.45, 7) is 1.88. The summed E-state index contributed by atoms with van der Waals surface area (Å²) in [4.78, 5) is 12.4. The lowest BCUT2D eigenvalue weighted by Gasteiger charge is -2.16. The van der Waals surface area contributed by atoms with E-state index in [9.17, 15) is 4.79 Å². The molecule has 0 spiro atoms. The number of anilines is 1. The summed E-state index contributed by atoms with van der Waals surface area (Å²) in [5.74, 6) is 0.335. The van der Waals surface area contributed by atoms with Gasteiger partial charge in [0.05, 0.1) is 0 Å². The monoisotopic (exact) mass is 373 g/mol. The van der Waals surface area contributed by atoms with Crippen LogP contribution in [0.1, 0.15) is 13.3 Å². The number of rotatable bonds is 6. The molecule has 0 radical (unpaired) electrons. The Balaban J connectivity index is 1.66. The summed E-state index contributed by atoms with van der Waals surface area (Å²) in [5, 5.41) is 12.7. The Hall–Kier alpha value is -2.44. The molecule has 0 saturated heterocycles. The summed E-state index contributed by atoms with van der Waals surface area (Å²) in [6, 6.07) is 16.6. The highest BCUT2D eigenvalue weighted by Gasteiger charge is 2.20. The molecule has 1 amide bonds. The number of hydrogen-bond donors (Lipinski definition) is 1. The molecule has 3 aromatic rings. The van der Waals surface area contributed by atoms with E-state index in [-0.39, 0.29) is 5.91 Å². The molecule has 3 rings (SSSR count). The highest BCUT2D eigenvalue weighted by Crippen LogP contribution is 2.26. The third kappa shape index (κ3) is 4.55. The Morgan fingerprint density at radius 3 is 2.56 bits per heavy atom. The number of nitrogens with zero attached hydrogens (tertiary/aromatic N) is 2. The number of carbonyl (C=O) groups excluding carboxylic acids is 1. The molecule has 0 bridgehead atoms. The van der Waals surface area contributed by atoms with Crippen molar-refractivity contribution >= 4 is 34.0 Å².